The summed E-state index contributed by atoms with van der Waals surface area (Å²) in [7, 11) is 0. The van der Waals surface area contributed by atoms with Crippen LogP contribution in [0.15, 0.2) is 18.7 Å². The fourth-order valence-electron chi connectivity index (χ4n) is 1.50. The van der Waals surface area contributed by atoms with Gasteiger partial charge >= 0.3 is 0 Å². The molecule has 0 N–H and O–H groups in total. The normalized spacial score (nSPS) is 10.7. The summed E-state index contributed by atoms with van der Waals surface area (Å²) in [5, 5.41) is 0. The van der Waals surface area contributed by atoms with Crippen molar-refractivity contribution in [1.82, 2.24) is 4.57 Å². The molecule has 82 valence electrons. The van der Waals surface area contributed by atoms with Gasteiger partial charge in [0.2, 0.25) is 6.33 Å². The number of imidazole rings is 1. The Morgan fingerprint density at radius 3 is 2.29 bits per heavy atom. The summed E-state index contributed by atoms with van der Waals surface area (Å²) in [5.74, 6) is 1.44. The van der Waals surface area contributed by atoms with Crippen molar-refractivity contribution in [2.75, 3.05) is 0 Å². The smallest absolute Gasteiger partial charge is 0.237 e. The maximum Gasteiger partial charge on any atom is 0.243 e. The summed E-state index contributed by atoms with van der Waals surface area (Å²) < 4.78 is 4.51. The zero-order valence-electron chi connectivity index (χ0n) is 9.60. The lowest BCUT2D eigenvalue weighted by atomic mass is 10.2. The molecule has 0 spiro atoms. The van der Waals surface area contributed by atoms with Crippen LogP contribution in [0.3, 0.4) is 0 Å². The van der Waals surface area contributed by atoms with Gasteiger partial charge in [-0.2, -0.15) is 0 Å². The molecular weight excluding hydrogens is 240 g/mol. The van der Waals surface area contributed by atoms with Crippen molar-refractivity contribution in [1.29, 1.82) is 0 Å². The maximum absolute atomic E-state index is 2.26. The van der Waals surface area contributed by atoms with E-state index in [1.54, 1.807) is 0 Å². The zero-order chi connectivity index (χ0) is 9.84. The van der Waals surface area contributed by atoms with E-state index in [2.05, 4.69) is 55.6 Å². The maximum atomic E-state index is 2.26. The lowest BCUT2D eigenvalue weighted by Gasteiger charge is -2.00. The van der Waals surface area contributed by atoms with Gasteiger partial charge in [0.15, 0.2) is 0 Å². The molecule has 0 aliphatic carbocycles. The van der Waals surface area contributed by atoms with Crippen LogP contribution in [-0.2, 0) is 13.1 Å². The molecule has 2 nitrogen and oxygen atoms in total. The van der Waals surface area contributed by atoms with Gasteiger partial charge in [-0.3, -0.25) is 0 Å². The van der Waals surface area contributed by atoms with Crippen molar-refractivity contribution in [3.05, 3.63) is 18.7 Å². The number of nitrogens with zero attached hydrogens (tertiary/aromatic N) is 2. The van der Waals surface area contributed by atoms with E-state index in [0.717, 1.165) is 24.9 Å². The minimum atomic E-state index is 0. The van der Waals surface area contributed by atoms with Gasteiger partial charge in [0, 0.05) is 0 Å². The van der Waals surface area contributed by atoms with Crippen molar-refractivity contribution < 1.29 is 4.57 Å². The zero-order valence-corrected chi connectivity index (χ0v) is 11.3. The average Bonchev–Trinajstić information content (AvgIpc) is 2.33. The van der Waals surface area contributed by atoms with Gasteiger partial charge in [-0.05, 0) is 11.8 Å². The van der Waals surface area contributed by atoms with Crippen LogP contribution in [0.4, 0.5) is 0 Å². The van der Waals surface area contributed by atoms with Gasteiger partial charge in [0.1, 0.15) is 12.4 Å². The van der Waals surface area contributed by atoms with Crippen LogP contribution < -0.4 is 4.57 Å². The molecule has 0 fully saturated rings. The largest absolute Gasteiger partial charge is 0.243 e. The van der Waals surface area contributed by atoms with Gasteiger partial charge in [-0.25, -0.2) is 9.13 Å². The highest BCUT2D eigenvalue weighted by Crippen LogP contribution is 1.97. The Kier molecular flexibility index (Phi) is 6.09. The number of halogens is 1. The molecule has 0 saturated heterocycles. The standard InChI is InChI=1S/C11H21N2.BrH/c1-10(2)7-12-5-6-13(9-12)8-11(3)4;/h5-6,9-11H,7-8H2,1-4H3;1H/q+1;. The Balaban J connectivity index is 0.00000169. The minimum Gasteiger partial charge on any atom is -0.237 e. The summed E-state index contributed by atoms with van der Waals surface area (Å²) in [6, 6.07) is 0. The van der Waals surface area contributed by atoms with Crippen molar-refractivity contribution in [3.63, 3.8) is 0 Å². The molecule has 0 aliphatic rings. The number of hydrogen-bond donors (Lipinski definition) is 0. The van der Waals surface area contributed by atoms with Crippen molar-refractivity contribution in [2.24, 2.45) is 11.8 Å². The Morgan fingerprint density at radius 2 is 1.79 bits per heavy atom. The van der Waals surface area contributed by atoms with Gasteiger partial charge in [-0.15, -0.1) is 17.0 Å². The first-order valence-electron chi connectivity index (χ1n) is 5.12. The van der Waals surface area contributed by atoms with Gasteiger partial charge in [0.25, 0.3) is 0 Å². The molecule has 14 heavy (non-hydrogen) atoms. The first-order chi connectivity index (χ1) is 6.08. The monoisotopic (exact) mass is 261 g/mol. The molecule has 0 bridgehead atoms. The highest BCUT2D eigenvalue weighted by atomic mass is 79.9. The number of hydrogen-bond acceptors (Lipinski definition) is 0. The fraction of sp³-hybridized carbons (Fsp3) is 0.727. The SMILES string of the molecule is Br.CC(C)Cn1cc[n+](CC(C)C)c1. The van der Waals surface area contributed by atoms with Crippen LogP contribution in [0.5, 0.6) is 0 Å². The number of aromatic nitrogens is 2. The van der Waals surface area contributed by atoms with E-state index in [1.807, 2.05) is 0 Å². The molecule has 0 unspecified atom stereocenters. The molecule has 1 heterocycles. The van der Waals surface area contributed by atoms with E-state index >= 15 is 0 Å². The molecule has 0 radical (unpaired) electrons. The van der Waals surface area contributed by atoms with Gasteiger partial charge in [0.05, 0.1) is 13.1 Å². The molecular formula is C11H22BrN2+. The summed E-state index contributed by atoms with van der Waals surface area (Å²) in [4.78, 5) is 0. The predicted octanol–water partition coefficient (Wildman–Crippen LogP) is 2.67. The van der Waals surface area contributed by atoms with Crippen molar-refractivity contribution in [2.45, 2.75) is 40.8 Å². The highest BCUT2D eigenvalue weighted by Gasteiger charge is 2.06. The summed E-state index contributed by atoms with van der Waals surface area (Å²) in [5.41, 5.74) is 0. The molecule has 3 heteroatoms. The Morgan fingerprint density at radius 1 is 1.14 bits per heavy atom. The molecule has 0 amide bonds. The van der Waals surface area contributed by atoms with Crippen LogP contribution in [0.1, 0.15) is 27.7 Å². The highest BCUT2D eigenvalue weighted by molar-refractivity contribution is 8.93. The molecule has 1 aromatic rings. The van der Waals surface area contributed by atoms with E-state index in [0.29, 0.717) is 0 Å². The number of rotatable bonds is 4. The van der Waals surface area contributed by atoms with E-state index < -0.39 is 0 Å². The fourth-order valence-corrected chi connectivity index (χ4v) is 1.50. The molecule has 0 atom stereocenters. The Labute approximate surface area is 97.7 Å². The van der Waals surface area contributed by atoms with E-state index in [-0.39, 0.29) is 17.0 Å². The lowest BCUT2D eigenvalue weighted by Crippen LogP contribution is -2.33. The van der Waals surface area contributed by atoms with Crippen LogP contribution in [0.2, 0.25) is 0 Å². The van der Waals surface area contributed by atoms with E-state index in [9.17, 15) is 0 Å². The second-order valence-corrected chi connectivity index (χ2v) is 4.59. The van der Waals surface area contributed by atoms with Crippen molar-refractivity contribution >= 4 is 17.0 Å². The van der Waals surface area contributed by atoms with Crippen LogP contribution in [0, 0.1) is 11.8 Å². The molecule has 0 aromatic carbocycles. The lowest BCUT2D eigenvalue weighted by molar-refractivity contribution is -0.701. The summed E-state index contributed by atoms with van der Waals surface area (Å²) in [6.45, 7) is 11.2. The van der Waals surface area contributed by atoms with Gasteiger partial charge < -0.3 is 0 Å². The van der Waals surface area contributed by atoms with E-state index in [4.69, 9.17) is 0 Å². The van der Waals surface area contributed by atoms with E-state index in [1.165, 1.54) is 0 Å². The molecule has 0 aliphatic heterocycles. The minimum absolute atomic E-state index is 0. The van der Waals surface area contributed by atoms with Crippen LogP contribution in [0.25, 0.3) is 0 Å². The third-order valence-corrected chi connectivity index (χ3v) is 1.90. The topological polar surface area (TPSA) is 8.81 Å². The quantitative estimate of drug-likeness (QED) is 0.738. The molecule has 0 saturated carbocycles. The first kappa shape index (κ1) is 13.7. The predicted molar refractivity (Wildman–Crippen MR) is 64.6 cm³/mol. The second kappa shape index (κ2) is 6.23. The molecule has 1 rings (SSSR count). The molecule has 1 aromatic heterocycles. The third kappa shape index (κ3) is 4.80. The van der Waals surface area contributed by atoms with Crippen molar-refractivity contribution in [3.8, 4) is 0 Å². The first-order valence-corrected chi connectivity index (χ1v) is 5.12. The Bertz CT molecular complexity index is 229. The van der Waals surface area contributed by atoms with Crippen LogP contribution >= 0.6 is 17.0 Å². The average molecular weight is 262 g/mol. The van der Waals surface area contributed by atoms with Crippen LogP contribution in [-0.4, -0.2) is 4.57 Å². The Hall–Kier alpha value is -0.310. The summed E-state index contributed by atoms with van der Waals surface area (Å²) in [6.07, 6.45) is 6.50. The van der Waals surface area contributed by atoms with Gasteiger partial charge in [-0.1, -0.05) is 27.7 Å². The third-order valence-electron chi connectivity index (χ3n) is 1.90. The second-order valence-electron chi connectivity index (χ2n) is 4.59. The summed E-state index contributed by atoms with van der Waals surface area (Å²) >= 11 is 0.